The zero-order valence-corrected chi connectivity index (χ0v) is 12.1. The third kappa shape index (κ3) is 2.56. The van der Waals surface area contributed by atoms with Gasteiger partial charge in [-0.2, -0.15) is 5.26 Å². The van der Waals surface area contributed by atoms with Crippen LogP contribution in [0.25, 0.3) is 10.9 Å². The molecule has 0 spiro atoms. The zero-order chi connectivity index (χ0) is 15.7. The molecule has 1 aromatic heterocycles. The number of hydrogen-bond donors (Lipinski definition) is 1. The predicted octanol–water partition coefficient (Wildman–Crippen LogP) is 2.13. The molecule has 3 rings (SSSR count). The first kappa shape index (κ1) is 14.2. The van der Waals surface area contributed by atoms with E-state index < -0.39 is 4.92 Å². The van der Waals surface area contributed by atoms with Crippen LogP contribution in [0.5, 0.6) is 0 Å². The van der Waals surface area contributed by atoms with Crippen molar-refractivity contribution < 1.29 is 4.92 Å². The van der Waals surface area contributed by atoms with Crippen molar-refractivity contribution in [1.82, 2.24) is 9.88 Å². The minimum Gasteiger partial charge on any atom is -0.375 e. The van der Waals surface area contributed by atoms with Gasteiger partial charge in [0.25, 0.3) is 0 Å². The quantitative estimate of drug-likeness (QED) is 0.688. The summed E-state index contributed by atoms with van der Waals surface area (Å²) in [6.07, 6.45) is 2.20. The summed E-state index contributed by atoms with van der Waals surface area (Å²) in [7, 11) is 2.02. The lowest BCUT2D eigenvalue weighted by atomic mass is 10.1. The van der Waals surface area contributed by atoms with E-state index in [2.05, 4.69) is 21.3 Å². The summed E-state index contributed by atoms with van der Waals surface area (Å²) in [6, 6.07) is 7.24. The maximum Gasteiger partial charge on any atom is 0.311 e. The van der Waals surface area contributed by atoms with Crippen LogP contribution in [0.2, 0.25) is 0 Å². The Labute approximate surface area is 127 Å². The molecule has 0 amide bonds. The number of nitriles is 1. The SMILES string of the molecule is CN1CCC(Nc2c([N+](=O)[O-])cnc3ccc(C#N)cc23)C1. The average Bonchev–Trinajstić information content (AvgIpc) is 2.92. The highest BCUT2D eigenvalue weighted by Crippen LogP contribution is 2.33. The summed E-state index contributed by atoms with van der Waals surface area (Å²) >= 11 is 0. The van der Waals surface area contributed by atoms with Crippen LogP contribution in [-0.4, -0.2) is 41.0 Å². The summed E-state index contributed by atoms with van der Waals surface area (Å²) in [5.41, 5.74) is 1.49. The Morgan fingerprint density at radius 1 is 1.55 bits per heavy atom. The first-order chi connectivity index (χ1) is 10.6. The largest absolute Gasteiger partial charge is 0.375 e. The Morgan fingerprint density at radius 2 is 2.36 bits per heavy atom. The summed E-state index contributed by atoms with van der Waals surface area (Å²) in [5, 5.41) is 24.3. The van der Waals surface area contributed by atoms with Gasteiger partial charge in [-0.3, -0.25) is 10.1 Å². The van der Waals surface area contributed by atoms with Crippen LogP contribution in [0.3, 0.4) is 0 Å². The van der Waals surface area contributed by atoms with Crippen LogP contribution in [0.1, 0.15) is 12.0 Å². The third-order valence-corrected chi connectivity index (χ3v) is 3.91. The van der Waals surface area contributed by atoms with Gasteiger partial charge in [0.2, 0.25) is 0 Å². The fourth-order valence-electron chi connectivity index (χ4n) is 2.80. The number of benzene rings is 1. The Balaban J connectivity index is 2.12. The second kappa shape index (κ2) is 5.58. The molecule has 1 atom stereocenters. The minimum absolute atomic E-state index is 0.0582. The van der Waals surface area contributed by atoms with Crippen molar-refractivity contribution in [1.29, 1.82) is 5.26 Å². The van der Waals surface area contributed by atoms with Crippen LogP contribution in [-0.2, 0) is 0 Å². The van der Waals surface area contributed by atoms with Gasteiger partial charge >= 0.3 is 5.69 Å². The van der Waals surface area contributed by atoms with Gasteiger partial charge in [-0.25, -0.2) is 4.98 Å². The lowest BCUT2D eigenvalue weighted by molar-refractivity contribution is -0.384. The molecule has 2 aromatic rings. The molecule has 7 nitrogen and oxygen atoms in total. The van der Waals surface area contributed by atoms with Crippen LogP contribution < -0.4 is 5.32 Å². The first-order valence-corrected chi connectivity index (χ1v) is 7.01. The van der Waals surface area contributed by atoms with E-state index in [0.29, 0.717) is 22.2 Å². The van der Waals surface area contributed by atoms with Gasteiger partial charge in [-0.15, -0.1) is 0 Å². The highest BCUT2D eigenvalue weighted by molar-refractivity contribution is 5.96. The minimum atomic E-state index is -0.438. The van der Waals surface area contributed by atoms with Crippen LogP contribution in [0.4, 0.5) is 11.4 Å². The number of nitro groups is 1. The van der Waals surface area contributed by atoms with Crippen LogP contribution in [0.15, 0.2) is 24.4 Å². The fraction of sp³-hybridized carbons (Fsp3) is 0.333. The van der Waals surface area contributed by atoms with E-state index in [1.165, 1.54) is 6.20 Å². The number of hydrogen-bond acceptors (Lipinski definition) is 6. The number of fused-ring (bicyclic) bond motifs is 1. The Morgan fingerprint density at radius 3 is 3.00 bits per heavy atom. The zero-order valence-electron chi connectivity index (χ0n) is 12.1. The Bertz CT molecular complexity index is 783. The van der Waals surface area contributed by atoms with Crippen LogP contribution >= 0.6 is 0 Å². The van der Waals surface area contributed by atoms with E-state index in [1.807, 2.05) is 7.05 Å². The summed E-state index contributed by atoms with van der Waals surface area (Å²) in [4.78, 5) is 17.2. The van der Waals surface area contributed by atoms with Crippen molar-refractivity contribution in [3.8, 4) is 6.07 Å². The van der Waals surface area contributed by atoms with Gasteiger partial charge in [-0.1, -0.05) is 0 Å². The fourth-order valence-corrected chi connectivity index (χ4v) is 2.80. The molecule has 1 aliphatic heterocycles. The average molecular weight is 297 g/mol. The number of pyridine rings is 1. The Kier molecular flexibility index (Phi) is 3.61. The lowest BCUT2D eigenvalue weighted by Crippen LogP contribution is -2.24. The number of aromatic nitrogens is 1. The maximum absolute atomic E-state index is 11.3. The van der Waals surface area contributed by atoms with Crippen molar-refractivity contribution >= 4 is 22.3 Å². The molecule has 2 heterocycles. The van der Waals surface area contributed by atoms with Gasteiger partial charge in [-0.05, 0) is 38.2 Å². The molecule has 1 unspecified atom stereocenters. The van der Waals surface area contributed by atoms with E-state index in [4.69, 9.17) is 5.26 Å². The molecule has 0 saturated carbocycles. The molecule has 1 aromatic carbocycles. The summed E-state index contributed by atoms with van der Waals surface area (Å²) < 4.78 is 0. The normalized spacial score (nSPS) is 18.3. The molecule has 0 bridgehead atoms. The molecule has 22 heavy (non-hydrogen) atoms. The van der Waals surface area contributed by atoms with Gasteiger partial charge in [0.15, 0.2) is 0 Å². The number of likely N-dealkylation sites (N-methyl/N-ethyl adjacent to an activating group) is 1. The van der Waals surface area contributed by atoms with Crippen molar-refractivity contribution in [3.63, 3.8) is 0 Å². The number of anilines is 1. The van der Waals surface area contributed by atoms with Crippen molar-refractivity contribution in [2.45, 2.75) is 12.5 Å². The smallest absolute Gasteiger partial charge is 0.311 e. The molecular formula is C15H15N5O2. The van der Waals surface area contributed by atoms with E-state index in [0.717, 1.165) is 19.5 Å². The van der Waals surface area contributed by atoms with Crippen molar-refractivity contribution in [2.24, 2.45) is 0 Å². The molecule has 1 aliphatic rings. The second-order valence-corrected chi connectivity index (χ2v) is 5.51. The molecule has 0 radical (unpaired) electrons. The highest BCUT2D eigenvalue weighted by atomic mass is 16.6. The monoisotopic (exact) mass is 297 g/mol. The number of nitrogens with zero attached hydrogens (tertiary/aromatic N) is 4. The van der Waals surface area contributed by atoms with Gasteiger partial charge < -0.3 is 10.2 Å². The van der Waals surface area contributed by atoms with Crippen molar-refractivity contribution in [3.05, 3.63) is 40.1 Å². The highest BCUT2D eigenvalue weighted by Gasteiger charge is 2.25. The third-order valence-electron chi connectivity index (χ3n) is 3.91. The number of rotatable bonds is 3. The number of nitrogens with one attached hydrogen (secondary N) is 1. The lowest BCUT2D eigenvalue weighted by Gasteiger charge is -2.16. The maximum atomic E-state index is 11.3. The van der Waals surface area contributed by atoms with E-state index in [1.54, 1.807) is 18.2 Å². The molecule has 1 saturated heterocycles. The molecule has 1 fully saturated rings. The Hall–Kier alpha value is -2.72. The molecular weight excluding hydrogens is 282 g/mol. The molecule has 7 heteroatoms. The molecule has 112 valence electrons. The molecule has 0 aliphatic carbocycles. The van der Waals surface area contributed by atoms with E-state index >= 15 is 0 Å². The first-order valence-electron chi connectivity index (χ1n) is 7.01. The topological polar surface area (TPSA) is 95.1 Å². The van der Waals surface area contributed by atoms with Crippen molar-refractivity contribution in [2.75, 3.05) is 25.5 Å². The summed E-state index contributed by atoms with van der Waals surface area (Å²) in [6.45, 7) is 1.79. The predicted molar refractivity (Wildman–Crippen MR) is 82.6 cm³/mol. The van der Waals surface area contributed by atoms with Gasteiger partial charge in [0.05, 0.1) is 22.1 Å². The number of likely N-dealkylation sites (tertiary alicyclic amines) is 1. The van der Waals surface area contributed by atoms with Gasteiger partial charge in [0, 0.05) is 18.0 Å². The van der Waals surface area contributed by atoms with E-state index in [-0.39, 0.29) is 11.7 Å². The van der Waals surface area contributed by atoms with Gasteiger partial charge in [0.1, 0.15) is 11.9 Å². The van der Waals surface area contributed by atoms with E-state index in [9.17, 15) is 10.1 Å². The van der Waals surface area contributed by atoms with Crippen LogP contribution in [0, 0.1) is 21.4 Å². The standard InChI is InChI=1S/C15H15N5O2/c1-19-5-4-11(9-19)18-15-12-6-10(7-16)2-3-13(12)17-8-14(15)20(21)22/h2-3,6,8,11H,4-5,9H2,1H3,(H,17,18). The summed E-state index contributed by atoms with van der Waals surface area (Å²) in [5.74, 6) is 0. The second-order valence-electron chi connectivity index (χ2n) is 5.51. The molecule has 1 N–H and O–H groups in total.